The number of ether oxygens (including phenoxy) is 1. The molecule has 0 radical (unpaired) electrons. The fourth-order valence-corrected chi connectivity index (χ4v) is 2.66. The largest absolute Gasteiger partial charge is 0.389 e. The number of rotatable bonds is 2. The Balaban J connectivity index is 2.34. The van der Waals surface area contributed by atoms with Gasteiger partial charge in [0.1, 0.15) is 4.99 Å². The molecule has 4 heteroatoms. The first-order chi connectivity index (χ1) is 8.42. The molecule has 1 aliphatic rings. The van der Waals surface area contributed by atoms with E-state index >= 15 is 0 Å². The number of thiocarbonyl (C=S) groups is 1. The first-order valence-electron chi connectivity index (χ1n) is 6.18. The van der Waals surface area contributed by atoms with Gasteiger partial charge in [-0.15, -0.1) is 0 Å². The Kier molecular flexibility index (Phi) is 3.59. The highest BCUT2D eigenvalue weighted by atomic mass is 32.1. The van der Waals surface area contributed by atoms with Gasteiger partial charge in [0.25, 0.3) is 0 Å². The first-order valence-corrected chi connectivity index (χ1v) is 6.58. The molecule has 2 rings (SSSR count). The molecule has 1 aromatic carbocycles. The van der Waals surface area contributed by atoms with Crippen molar-refractivity contribution in [2.45, 2.75) is 26.3 Å². The average molecular weight is 264 g/mol. The molecular formula is C14H20N2OS. The Morgan fingerprint density at radius 2 is 2.17 bits per heavy atom. The number of nitrogens with zero attached hydrogens (tertiary/aromatic N) is 1. The van der Waals surface area contributed by atoms with Crippen LogP contribution in [-0.4, -0.2) is 30.3 Å². The van der Waals surface area contributed by atoms with Gasteiger partial charge < -0.3 is 15.4 Å². The fraction of sp³-hybridized carbons (Fsp3) is 0.500. The summed E-state index contributed by atoms with van der Waals surface area (Å²) in [5.74, 6) is 0. The molecule has 3 nitrogen and oxygen atoms in total. The number of benzene rings is 1. The summed E-state index contributed by atoms with van der Waals surface area (Å²) < 4.78 is 5.55. The quantitative estimate of drug-likeness (QED) is 0.832. The molecule has 0 spiro atoms. The summed E-state index contributed by atoms with van der Waals surface area (Å²) in [5.41, 5.74) is 9.01. The van der Waals surface area contributed by atoms with Crippen LogP contribution < -0.4 is 10.6 Å². The molecule has 2 N–H and O–H groups in total. The van der Waals surface area contributed by atoms with Crippen molar-refractivity contribution in [3.63, 3.8) is 0 Å². The van der Waals surface area contributed by atoms with Crippen molar-refractivity contribution in [1.82, 2.24) is 0 Å². The van der Waals surface area contributed by atoms with Crippen LogP contribution in [0.15, 0.2) is 18.2 Å². The van der Waals surface area contributed by atoms with E-state index in [-0.39, 0.29) is 5.54 Å². The van der Waals surface area contributed by atoms with Gasteiger partial charge in [-0.1, -0.05) is 12.2 Å². The van der Waals surface area contributed by atoms with Gasteiger partial charge in [0, 0.05) is 17.8 Å². The summed E-state index contributed by atoms with van der Waals surface area (Å²) in [6, 6.07) is 6.26. The molecule has 0 saturated carbocycles. The van der Waals surface area contributed by atoms with Crippen LogP contribution in [0, 0.1) is 6.92 Å². The lowest BCUT2D eigenvalue weighted by Crippen LogP contribution is -2.53. The van der Waals surface area contributed by atoms with E-state index in [9.17, 15) is 0 Å². The lowest BCUT2D eigenvalue weighted by atomic mass is 9.99. The Labute approximate surface area is 114 Å². The minimum absolute atomic E-state index is 0.0232. The highest BCUT2D eigenvalue weighted by molar-refractivity contribution is 7.80. The van der Waals surface area contributed by atoms with E-state index in [0.29, 0.717) is 4.99 Å². The molecule has 98 valence electrons. The molecule has 0 aromatic heterocycles. The maximum atomic E-state index is 5.69. The van der Waals surface area contributed by atoms with Crippen molar-refractivity contribution >= 4 is 22.9 Å². The van der Waals surface area contributed by atoms with Gasteiger partial charge in [-0.25, -0.2) is 0 Å². The van der Waals surface area contributed by atoms with Crippen molar-refractivity contribution in [3.05, 3.63) is 29.3 Å². The third-order valence-electron chi connectivity index (χ3n) is 3.43. The summed E-state index contributed by atoms with van der Waals surface area (Å²) in [6.07, 6.45) is 0. The van der Waals surface area contributed by atoms with E-state index in [2.05, 4.69) is 30.9 Å². The molecule has 0 unspecified atom stereocenters. The van der Waals surface area contributed by atoms with Crippen LogP contribution >= 0.6 is 12.2 Å². The van der Waals surface area contributed by atoms with Gasteiger partial charge in [-0.05, 0) is 44.5 Å². The van der Waals surface area contributed by atoms with Crippen LogP contribution in [-0.2, 0) is 4.74 Å². The summed E-state index contributed by atoms with van der Waals surface area (Å²) in [4.78, 5) is 2.84. The van der Waals surface area contributed by atoms with Crippen LogP contribution in [0.25, 0.3) is 0 Å². The van der Waals surface area contributed by atoms with E-state index in [1.807, 2.05) is 13.0 Å². The van der Waals surface area contributed by atoms with E-state index in [4.69, 9.17) is 22.7 Å². The maximum Gasteiger partial charge on any atom is 0.104 e. The topological polar surface area (TPSA) is 38.5 Å². The second kappa shape index (κ2) is 4.86. The van der Waals surface area contributed by atoms with E-state index < -0.39 is 0 Å². The Hall–Kier alpha value is -1.13. The van der Waals surface area contributed by atoms with Crippen molar-refractivity contribution in [3.8, 4) is 0 Å². The van der Waals surface area contributed by atoms with Crippen molar-refractivity contribution in [2.75, 3.05) is 24.7 Å². The number of anilines is 1. The molecule has 1 fully saturated rings. The highest BCUT2D eigenvalue weighted by Gasteiger charge is 2.30. The lowest BCUT2D eigenvalue weighted by molar-refractivity contribution is 0.0644. The fourth-order valence-electron chi connectivity index (χ4n) is 2.43. The summed E-state index contributed by atoms with van der Waals surface area (Å²) in [7, 11) is 0. The smallest absolute Gasteiger partial charge is 0.104 e. The van der Waals surface area contributed by atoms with Crippen molar-refractivity contribution in [1.29, 1.82) is 0 Å². The first kappa shape index (κ1) is 13.3. The zero-order valence-corrected chi connectivity index (χ0v) is 12.0. The van der Waals surface area contributed by atoms with Crippen LogP contribution in [0.5, 0.6) is 0 Å². The third kappa shape index (κ3) is 2.49. The van der Waals surface area contributed by atoms with E-state index in [0.717, 1.165) is 30.9 Å². The molecule has 1 aromatic rings. The summed E-state index contributed by atoms with van der Waals surface area (Å²) >= 11 is 5.04. The molecule has 0 aliphatic carbocycles. The molecule has 1 aliphatic heterocycles. The number of hydrogen-bond donors (Lipinski definition) is 1. The standard InChI is InChI=1S/C14H20N2OS/c1-10-8-11(4-5-12(10)13(15)18)16-6-7-17-9-14(16,2)3/h4-5,8H,6-7,9H2,1-3H3,(H2,15,18). The number of nitrogens with two attached hydrogens (primary N) is 1. The summed E-state index contributed by atoms with van der Waals surface area (Å²) in [6.45, 7) is 8.89. The van der Waals surface area contributed by atoms with Gasteiger partial charge in [0.2, 0.25) is 0 Å². The van der Waals surface area contributed by atoms with E-state index in [1.165, 1.54) is 5.69 Å². The monoisotopic (exact) mass is 264 g/mol. The highest BCUT2D eigenvalue weighted by Crippen LogP contribution is 2.28. The molecule has 18 heavy (non-hydrogen) atoms. The van der Waals surface area contributed by atoms with Crippen LogP contribution in [0.1, 0.15) is 25.0 Å². The number of hydrogen-bond acceptors (Lipinski definition) is 3. The van der Waals surface area contributed by atoms with Gasteiger partial charge >= 0.3 is 0 Å². The minimum Gasteiger partial charge on any atom is -0.389 e. The molecule has 0 amide bonds. The molecular weight excluding hydrogens is 244 g/mol. The molecule has 1 heterocycles. The molecule has 0 bridgehead atoms. The van der Waals surface area contributed by atoms with Crippen molar-refractivity contribution in [2.24, 2.45) is 5.73 Å². The lowest BCUT2D eigenvalue weighted by Gasteiger charge is -2.44. The third-order valence-corrected chi connectivity index (χ3v) is 3.65. The Morgan fingerprint density at radius 3 is 2.72 bits per heavy atom. The van der Waals surface area contributed by atoms with Crippen molar-refractivity contribution < 1.29 is 4.74 Å². The van der Waals surface area contributed by atoms with Gasteiger partial charge in [-0.2, -0.15) is 0 Å². The predicted octanol–water partition coefficient (Wildman–Crippen LogP) is 2.24. The van der Waals surface area contributed by atoms with Crippen LogP contribution in [0.3, 0.4) is 0 Å². The second-order valence-electron chi connectivity index (χ2n) is 5.38. The predicted molar refractivity (Wildman–Crippen MR) is 79.3 cm³/mol. The van der Waals surface area contributed by atoms with Crippen LogP contribution in [0.2, 0.25) is 0 Å². The number of morpholine rings is 1. The minimum atomic E-state index is 0.0232. The second-order valence-corrected chi connectivity index (χ2v) is 5.82. The normalized spacial score (nSPS) is 18.7. The Bertz CT molecular complexity index is 471. The SMILES string of the molecule is Cc1cc(N2CCOCC2(C)C)ccc1C(N)=S. The van der Waals surface area contributed by atoms with Crippen LogP contribution in [0.4, 0.5) is 5.69 Å². The zero-order chi connectivity index (χ0) is 13.3. The van der Waals surface area contributed by atoms with E-state index in [1.54, 1.807) is 0 Å². The van der Waals surface area contributed by atoms with Gasteiger partial charge in [-0.3, -0.25) is 0 Å². The average Bonchev–Trinajstić information content (AvgIpc) is 2.27. The summed E-state index contributed by atoms with van der Waals surface area (Å²) in [5, 5.41) is 0. The van der Waals surface area contributed by atoms with Gasteiger partial charge in [0.05, 0.1) is 18.8 Å². The molecule has 0 atom stereocenters. The Morgan fingerprint density at radius 1 is 1.44 bits per heavy atom. The molecule has 1 saturated heterocycles. The van der Waals surface area contributed by atoms with Gasteiger partial charge in [0.15, 0.2) is 0 Å². The number of aryl methyl sites for hydroxylation is 1. The zero-order valence-electron chi connectivity index (χ0n) is 11.2. The maximum absolute atomic E-state index is 5.69.